The second-order valence-corrected chi connectivity index (χ2v) is 11.0. The second-order valence-electron chi connectivity index (χ2n) is 9.69. The van der Waals surface area contributed by atoms with E-state index in [1.165, 1.54) is 0 Å². The lowest BCUT2D eigenvalue weighted by atomic mass is 10.0. The smallest absolute Gasteiger partial charge is 0.262 e. The quantitative estimate of drug-likeness (QED) is 0.148. The molecule has 0 aliphatic rings. The molecule has 0 aliphatic heterocycles. The van der Waals surface area contributed by atoms with Gasteiger partial charge in [-0.15, -0.1) is 0 Å². The minimum atomic E-state index is -0.771. The van der Waals surface area contributed by atoms with Crippen LogP contribution in [0.4, 0.5) is 0 Å². The molecule has 4 rings (SSSR count). The lowest BCUT2D eigenvalue weighted by Gasteiger charge is -2.19. The fraction of sp³-hybridized carbons (Fsp3) is 0.233. The average Bonchev–Trinajstić information content (AvgIpc) is 3.26. The van der Waals surface area contributed by atoms with Gasteiger partial charge in [0.2, 0.25) is 0 Å². The highest BCUT2D eigenvalue weighted by Gasteiger charge is 2.22. The number of hydrazone groups is 1. The van der Waals surface area contributed by atoms with Crippen LogP contribution in [0.15, 0.2) is 78.0 Å². The Bertz CT molecular complexity index is 1520. The van der Waals surface area contributed by atoms with Crippen molar-refractivity contribution in [3.05, 3.63) is 99.1 Å². The Morgan fingerprint density at radius 2 is 1.73 bits per heavy atom. The zero-order chi connectivity index (χ0) is 28.6. The molecule has 0 aliphatic carbocycles. The molecule has 7 nitrogen and oxygen atoms in total. The SMILES string of the molecule is CC(C)C[C@@H](NC(=O)COc1ccc(Cl)cc1)C(=O)N/N=C\c1cn(Cc2ccc(Cl)cc2Cl)c2ccccc12. The molecule has 0 bridgehead atoms. The predicted molar refractivity (Wildman–Crippen MR) is 162 cm³/mol. The largest absolute Gasteiger partial charge is 0.484 e. The van der Waals surface area contributed by atoms with Crippen LogP contribution in [0.5, 0.6) is 5.75 Å². The van der Waals surface area contributed by atoms with Crippen LogP contribution < -0.4 is 15.5 Å². The molecule has 0 unspecified atom stereocenters. The van der Waals surface area contributed by atoms with Gasteiger partial charge >= 0.3 is 0 Å². The van der Waals surface area contributed by atoms with E-state index in [9.17, 15) is 9.59 Å². The Morgan fingerprint density at radius 3 is 2.45 bits per heavy atom. The number of nitrogens with one attached hydrogen (secondary N) is 2. The average molecular weight is 600 g/mol. The van der Waals surface area contributed by atoms with Gasteiger partial charge in [0.1, 0.15) is 11.8 Å². The Kier molecular flexibility index (Phi) is 10.1. The van der Waals surface area contributed by atoms with Crippen LogP contribution in [0.2, 0.25) is 15.1 Å². The molecule has 0 spiro atoms. The number of hydrogen-bond acceptors (Lipinski definition) is 4. The van der Waals surface area contributed by atoms with Gasteiger partial charge in [0, 0.05) is 44.3 Å². The molecule has 4 aromatic rings. The number of carbonyl (C=O) groups excluding carboxylic acids is 2. The van der Waals surface area contributed by atoms with Crippen molar-refractivity contribution in [3.8, 4) is 5.75 Å². The first kappa shape index (κ1) is 29.5. The van der Waals surface area contributed by atoms with E-state index in [0.717, 1.165) is 22.0 Å². The Balaban J connectivity index is 1.42. The van der Waals surface area contributed by atoms with Crippen LogP contribution in [0, 0.1) is 5.92 Å². The van der Waals surface area contributed by atoms with Crippen LogP contribution in [-0.2, 0) is 16.1 Å². The lowest BCUT2D eigenvalue weighted by Crippen LogP contribution is -2.47. The summed E-state index contributed by atoms with van der Waals surface area (Å²) in [5.41, 5.74) is 5.32. The number of halogens is 3. The third-order valence-electron chi connectivity index (χ3n) is 6.10. The van der Waals surface area contributed by atoms with Crippen molar-refractivity contribution in [2.75, 3.05) is 6.61 Å². The maximum absolute atomic E-state index is 13.0. The van der Waals surface area contributed by atoms with Gasteiger partial charge in [-0.2, -0.15) is 5.10 Å². The van der Waals surface area contributed by atoms with E-state index in [0.29, 0.717) is 33.8 Å². The summed E-state index contributed by atoms with van der Waals surface area (Å²) in [6.07, 6.45) is 3.99. The third-order valence-corrected chi connectivity index (χ3v) is 6.93. The molecule has 0 radical (unpaired) electrons. The van der Waals surface area contributed by atoms with E-state index in [2.05, 4.69) is 20.4 Å². The van der Waals surface area contributed by atoms with Gasteiger partial charge in [-0.05, 0) is 60.4 Å². The highest BCUT2D eigenvalue weighted by Crippen LogP contribution is 2.25. The van der Waals surface area contributed by atoms with Crippen LogP contribution in [0.25, 0.3) is 10.9 Å². The predicted octanol–water partition coefficient (Wildman–Crippen LogP) is 6.71. The van der Waals surface area contributed by atoms with E-state index in [-0.39, 0.29) is 12.5 Å². The Morgan fingerprint density at radius 1 is 1.00 bits per heavy atom. The molecular formula is C30H29Cl3N4O3. The zero-order valence-corrected chi connectivity index (χ0v) is 24.3. The van der Waals surface area contributed by atoms with Crippen molar-refractivity contribution in [3.63, 3.8) is 0 Å². The number of rotatable bonds is 11. The molecule has 1 aromatic heterocycles. The molecule has 1 heterocycles. The van der Waals surface area contributed by atoms with Crippen LogP contribution in [0.3, 0.4) is 0 Å². The number of para-hydroxylation sites is 1. The molecule has 0 saturated carbocycles. The van der Waals surface area contributed by atoms with Gasteiger partial charge < -0.3 is 14.6 Å². The third kappa shape index (κ3) is 8.01. The zero-order valence-electron chi connectivity index (χ0n) is 22.0. The summed E-state index contributed by atoms with van der Waals surface area (Å²) in [7, 11) is 0. The van der Waals surface area contributed by atoms with Crippen LogP contribution in [-0.4, -0.2) is 35.2 Å². The van der Waals surface area contributed by atoms with Crippen LogP contribution >= 0.6 is 34.8 Å². The van der Waals surface area contributed by atoms with Crippen molar-refractivity contribution in [2.45, 2.75) is 32.9 Å². The monoisotopic (exact) mass is 598 g/mol. The first-order valence-corrected chi connectivity index (χ1v) is 13.9. The van der Waals surface area contributed by atoms with E-state index < -0.39 is 17.9 Å². The molecule has 3 aromatic carbocycles. The molecule has 208 valence electrons. The Hall–Kier alpha value is -3.52. The fourth-order valence-electron chi connectivity index (χ4n) is 4.20. The number of carbonyl (C=O) groups is 2. The number of aromatic nitrogens is 1. The highest BCUT2D eigenvalue weighted by molar-refractivity contribution is 6.35. The molecule has 2 amide bonds. The molecular weight excluding hydrogens is 571 g/mol. The Labute approximate surface area is 248 Å². The minimum absolute atomic E-state index is 0.162. The minimum Gasteiger partial charge on any atom is -0.484 e. The summed E-state index contributed by atoms with van der Waals surface area (Å²) in [5, 5.41) is 9.66. The molecule has 0 fully saturated rings. The van der Waals surface area contributed by atoms with E-state index in [4.69, 9.17) is 39.5 Å². The molecule has 0 saturated heterocycles. The fourth-order valence-corrected chi connectivity index (χ4v) is 4.80. The van der Waals surface area contributed by atoms with E-state index >= 15 is 0 Å². The standard InChI is InChI=1S/C30H29Cl3N4O3/c1-19(2)13-27(35-29(38)18-40-24-11-9-22(31)10-12-24)30(39)36-34-15-21-17-37(28-6-4-3-5-25(21)28)16-20-7-8-23(32)14-26(20)33/h3-12,14-15,17,19,27H,13,16,18H2,1-2H3,(H,35,38)(H,36,39)/b34-15-/t27-/m1/s1. The molecule has 10 heteroatoms. The second kappa shape index (κ2) is 13.7. The molecule has 1 atom stereocenters. The number of ether oxygens (including phenoxy) is 1. The number of nitrogens with zero attached hydrogens (tertiary/aromatic N) is 2. The van der Waals surface area contributed by atoms with Gasteiger partial charge in [-0.3, -0.25) is 9.59 Å². The van der Waals surface area contributed by atoms with Gasteiger partial charge in [-0.1, -0.05) is 72.9 Å². The van der Waals surface area contributed by atoms with Crippen molar-refractivity contribution in [1.82, 2.24) is 15.3 Å². The number of amides is 2. The van der Waals surface area contributed by atoms with Gasteiger partial charge in [0.25, 0.3) is 11.8 Å². The van der Waals surface area contributed by atoms with Gasteiger partial charge in [-0.25, -0.2) is 5.43 Å². The summed E-state index contributed by atoms with van der Waals surface area (Å²) in [6, 6.07) is 19.2. The molecule has 40 heavy (non-hydrogen) atoms. The topological polar surface area (TPSA) is 84.7 Å². The summed E-state index contributed by atoms with van der Waals surface area (Å²) < 4.78 is 7.56. The van der Waals surface area contributed by atoms with Crippen molar-refractivity contribution in [1.29, 1.82) is 0 Å². The first-order valence-electron chi connectivity index (χ1n) is 12.7. The number of fused-ring (bicyclic) bond motifs is 1. The maximum atomic E-state index is 13.0. The summed E-state index contributed by atoms with van der Waals surface area (Å²) >= 11 is 18.3. The van der Waals surface area contributed by atoms with Gasteiger partial charge in [0.05, 0.1) is 6.21 Å². The number of benzene rings is 3. The van der Waals surface area contributed by atoms with E-state index in [1.807, 2.05) is 56.4 Å². The summed E-state index contributed by atoms with van der Waals surface area (Å²) in [4.78, 5) is 25.5. The normalized spacial score (nSPS) is 12.2. The maximum Gasteiger partial charge on any atom is 0.262 e. The first-order chi connectivity index (χ1) is 19.2. The van der Waals surface area contributed by atoms with Gasteiger partial charge in [0.15, 0.2) is 6.61 Å². The van der Waals surface area contributed by atoms with Crippen molar-refractivity contribution >= 4 is 63.7 Å². The lowest BCUT2D eigenvalue weighted by molar-refractivity contribution is -0.130. The van der Waals surface area contributed by atoms with Crippen LogP contribution in [0.1, 0.15) is 31.4 Å². The highest BCUT2D eigenvalue weighted by atomic mass is 35.5. The summed E-state index contributed by atoms with van der Waals surface area (Å²) in [6.45, 7) is 4.25. The van der Waals surface area contributed by atoms with Crippen molar-refractivity contribution in [2.24, 2.45) is 11.0 Å². The van der Waals surface area contributed by atoms with Crippen molar-refractivity contribution < 1.29 is 14.3 Å². The van der Waals surface area contributed by atoms with E-state index in [1.54, 1.807) is 36.5 Å². The molecule has 2 N–H and O–H groups in total. The summed E-state index contributed by atoms with van der Waals surface area (Å²) in [5.74, 6) is -0.161. The number of hydrogen-bond donors (Lipinski definition) is 2.